The van der Waals surface area contributed by atoms with Gasteiger partial charge in [0.2, 0.25) is 0 Å². The lowest BCUT2D eigenvalue weighted by molar-refractivity contribution is -0.384. The minimum atomic E-state index is -0.626. The molecule has 1 aromatic heterocycles. The number of ether oxygens (including phenoxy) is 1. The molecule has 110 valence electrons. The molecule has 0 bridgehead atoms. The van der Waals surface area contributed by atoms with Gasteiger partial charge in [0.1, 0.15) is 17.4 Å². The van der Waals surface area contributed by atoms with Crippen molar-refractivity contribution in [1.82, 2.24) is 4.98 Å². The van der Waals surface area contributed by atoms with E-state index in [1.54, 1.807) is 0 Å². The normalized spacial score (nSPS) is 10.2. The van der Waals surface area contributed by atoms with Gasteiger partial charge in [0, 0.05) is 24.2 Å². The summed E-state index contributed by atoms with van der Waals surface area (Å²) in [5, 5.41) is 14.0. The summed E-state index contributed by atoms with van der Waals surface area (Å²) in [5.74, 6) is 0.161. The first-order valence-corrected chi connectivity index (χ1v) is 6.30. The molecule has 0 spiro atoms. The van der Waals surface area contributed by atoms with Crippen LogP contribution in [0.1, 0.15) is 6.92 Å². The van der Waals surface area contributed by atoms with Crippen LogP contribution in [0, 0.1) is 15.9 Å². The Morgan fingerprint density at radius 1 is 1.38 bits per heavy atom. The van der Waals surface area contributed by atoms with E-state index in [-0.39, 0.29) is 16.9 Å². The molecule has 0 aliphatic heterocycles. The molecule has 0 amide bonds. The molecule has 1 N–H and O–H groups in total. The molecule has 2 aromatic rings. The summed E-state index contributed by atoms with van der Waals surface area (Å²) < 4.78 is 19.0. The van der Waals surface area contributed by atoms with Gasteiger partial charge >= 0.3 is 0 Å². The quantitative estimate of drug-likeness (QED) is 0.676. The Balaban J connectivity index is 2.59. The van der Waals surface area contributed by atoms with Crippen molar-refractivity contribution in [3.05, 3.63) is 46.3 Å². The van der Waals surface area contributed by atoms with Crippen molar-refractivity contribution in [3.8, 4) is 17.0 Å². The average molecular weight is 291 g/mol. The smallest absolute Gasteiger partial charge is 0.295 e. The third-order valence-corrected chi connectivity index (χ3v) is 2.86. The summed E-state index contributed by atoms with van der Waals surface area (Å²) in [4.78, 5) is 14.7. The molecular formula is C14H14FN3O3. The second-order valence-electron chi connectivity index (χ2n) is 4.20. The van der Waals surface area contributed by atoms with Gasteiger partial charge in [0.05, 0.1) is 12.0 Å². The van der Waals surface area contributed by atoms with E-state index in [9.17, 15) is 14.5 Å². The van der Waals surface area contributed by atoms with E-state index in [0.29, 0.717) is 18.1 Å². The summed E-state index contributed by atoms with van der Waals surface area (Å²) in [5.41, 5.74) is -0.207. The van der Waals surface area contributed by atoms with Crippen molar-refractivity contribution in [3.63, 3.8) is 0 Å². The van der Waals surface area contributed by atoms with E-state index < -0.39 is 10.7 Å². The molecule has 0 radical (unpaired) electrons. The van der Waals surface area contributed by atoms with Crippen molar-refractivity contribution in [2.75, 3.05) is 19.0 Å². The highest BCUT2D eigenvalue weighted by Gasteiger charge is 2.20. The summed E-state index contributed by atoms with van der Waals surface area (Å²) in [6.45, 7) is 2.48. The largest absolute Gasteiger partial charge is 0.497 e. The Hall–Kier alpha value is -2.70. The Labute approximate surface area is 120 Å². The van der Waals surface area contributed by atoms with Crippen LogP contribution in [0.5, 0.6) is 5.75 Å². The van der Waals surface area contributed by atoms with Crippen LogP contribution in [0.3, 0.4) is 0 Å². The molecular weight excluding hydrogens is 277 g/mol. The Morgan fingerprint density at radius 2 is 2.14 bits per heavy atom. The van der Waals surface area contributed by atoms with Crippen molar-refractivity contribution >= 4 is 11.5 Å². The van der Waals surface area contributed by atoms with Crippen LogP contribution >= 0.6 is 0 Å². The topological polar surface area (TPSA) is 77.3 Å². The zero-order chi connectivity index (χ0) is 15.4. The zero-order valence-corrected chi connectivity index (χ0v) is 11.6. The Morgan fingerprint density at radius 3 is 2.71 bits per heavy atom. The van der Waals surface area contributed by atoms with Crippen LogP contribution in [0.25, 0.3) is 11.3 Å². The molecule has 6 nitrogen and oxygen atoms in total. The van der Waals surface area contributed by atoms with E-state index in [1.165, 1.54) is 37.4 Å². The number of nitrogens with zero attached hydrogens (tertiary/aromatic N) is 2. The first-order chi connectivity index (χ1) is 10.1. The van der Waals surface area contributed by atoms with E-state index in [1.807, 2.05) is 6.92 Å². The van der Waals surface area contributed by atoms with Gasteiger partial charge in [-0.3, -0.25) is 10.1 Å². The lowest BCUT2D eigenvalue weighted by atomic mass is 10.1. The average Bonchev–Trinajstić information content (AvgIpc) is 2.47. The van der Waals surface area contributed by atoms with Crippen LogP contribution in [-0.4, -0.2) is 23.6 Å². The molecule has 0 saturated carbocycles. The van der Waals surface area contributed by atoms with Crippen LogP contribution < -0.4 is 10.1 Å². The molecule has 7 heteroatoms. The van der Waals surface area contributed by atoms with E-state index in [0.717, 1.165) is 0 Å². The molecule has 0 saturated heterocycles. The number of benzene rings is 1. The summed E-state index contributed by atoms with van der Waals surface area (Å²) in [6.07, 6.45) is 0. The number of halogens is 1. The molecule has 1 aromatic carbocycles. The monoisotopic (exact) mass is 291 g/mol. The number of nitrogens with one attached hydrogen (secondary N) is 1. The fraction of sp³-hybridized carbons (Fsp3) is 0.214. The van der Waals surface area contributed by atoms with Gasteiger partial charge in [-0.2, -0.15) is 0 Å². The molecule has 2 rings (SSSR count). The van der Waals surface area contributed by atoms with Crippen molar-refractivity contribution in [2.45, 2.75) is 6.92 Å². The highest BCUT2D eigenvalue weighted by Crippen LogP contribution is 2.32. The van der Waals surface area contributed by atoms with Crippen LogP contribution in [0.4, 0.5) is 15.9 Å². The second kappa shape index (κ2) is 6.17. The van der Waals surface area contributed by atoms with Gasteiger partial charge < -0.3 is 10.1 Å². The fourth-order valence-corrected chi connectivity index (χ4v) is 1.89. The maximum atomic E-state index is 14.1. The van der Waals surface area contributed by atoms with Crippen molar-refractivity contribution in [1.29, 1.82) is 0 Å². The summed E-state index contributed by atoms with van der Waals surface area (Å²) >= 11 is 0. The van der Waals surface area contributed by atoms with Crippen LogP contribution in [-0.2, 0) is 0 Å². The lowest BCUT2D eigenvalue weighted by Crippen LogP contribution is -2.03. The molecule has 1 heterocycles. The standard InChI is InChI=1S/C14H14FN3O3/c1-3-16-13-7-6-12(18(19)20)14(17-13)10-5-4-9(21-2)8-11(10)15/h4-8H,3H2,1-2H3,(H,16,17). The number of rotatable bonds is 5. The Bertz CT molecular complexity index is 677. The maximum Gasteiger partial charge on any atom is 0.295 e. The number of anilines is 1. The SMILES string of the molecule is CCNc1ccc([N+](=O)[O-])c(-c2ccc(OC)cc2F)n1. The van der Waals surface area contributed by atoms with Gasteiger partial charge in [-0.05, 0) is 25.1 Å². The third kappa shape index (κ3) is 3.07. The van der Waals surface area contributed by atoms with E-state index >= 15 is 0 Å². The zero-order valence-electron chi connectivity index (χ0n) is 11.6. The minimum Gasteiger partial charge on any atom is -0.497 e. The molecule has 0 atom stereocenters. The highest BCUT2D eigenvalue weighted by atomic mass is 19.1. The predicted molar refractivity (Wildman–Crippen MR) is 77.0 cm³/mol. The molecule has 21 heavy (non-hydrogen) atoms. The van der Waals surface area contributed by atoms with Crippen LogP contribution in [0.2, 0.25) is 0 Å². The van der Waals surface area contributed by atoms with Gasteiger partial charge in [-0.15, -0.1) is 0 Å². The first-order valence-electron chi connectivity index (χ1n) is 6.30. The third-order valence-electron chi connectivity index (χ3n) is 2.86. The number of nitro groups is 1. The number of aromatic nitrogens is 1. The molecule has 0 aliphatic rings. The predicted octanol–water partition coefficient (Wildman–Crippen LogP) is 3.24. The number of methoxy groups -OCH3 is 1. The highest BCUT2D eigenvalue weighted by molar-refractivity contribution is 5.72. The summed E-state index contributed by atoms with van der Waals surface area (Å²) in [7, 11) is 1.42. The van der Waals surface area contributed by atoms with Crippen molar-refractivity contribution in [2.24, 2.45) is 0 Å². The molecule has 0 aliphatic carbocycles. The van der Waals surface area contributed by atoms with Gasteiger partial charge in [0.15, 0.2) is 5.69 Å². The number of hydrogen-bond donors (Lipinski definition) is 1. The molecule has 0 fully saturated rings. The van der Waals surface area contributed by atoms with E-state index in [4.69, 9.17) is 4.74 Å². The fourth-order valence-electron chi connectivity index (χ4n) is 1.89. The van der Waals surface area contributed by atoms with Crippen LogP contribution in [0.15, 0.2) is 30.3 Å². The number of pyridine rings is 1. The van der Waals surface area contributed by atoms with Crippen molar-refractivity contribution < 1.29 is 14.1 Å². The number of hydrogen-bond acceptors (Lipinski definition) is 5. The van der Waals surface area contributed by atoms with Gasteiger partial charge in [-0.1, -0.05) is 0 Å². The van der Waals surface area contributed by atoms with Gasteiger partial charge in [0.25, 0.3) is 5.69 Å². The summed E-state index contributed by atoms with van der Waals surface area (Å²) in [6, 6.07) is 6.92. The lowest BCUT2D eigenvalue weighted by Gasteiger charge is -2.08. The second-order valence-corrected chi connectivity index (χ2v) is 4.20. The maximum absolute atomic E-state index is 14.1. The van der Waals surface area contributed by atoms with E-state index in [2.05, 4.69) is 10.3 Å². The molecule has 0 unspecified atom stereocenters. The Kier molecular flexibility index (Phi) is 4.32. The van der Waals surface area contributed by atoms with Gasteiger partial charge in [-0.25, -0.2) is 9.37 Å². The minimum absolute atomic E-state index is 0.0152. The first kappa shape index (κ1) is 14.7.